The van der Waals surface area contributed by atoms with Gasteiger partial charge in [-0.05, 0) is 49.7 Å². The van der Waals surface area contributed by atoms with Crippen LogP contribution in [0.3, 0.4) is 0 Å². The van der Waals surface area contributed by atoms with Crippen molar-refractivity contribution in [3.8, 4) is 5.75 Å². The lowest BCUT2D eigenvalue weighted by molar-refractivity contribution is 0.0377. The maximum Gasteiger partial charge on any atom is 0.337 e. The molecule has 2 aliphatic rings. The van der Waals surface area contributed by atoms with Gasteiger partial charge in [0.05, 0.1) is 24.4 Å². The van der Waals surface area contributed by atoms with Gasteiger partial charge < -0.3 is 14.8 Å². The van der Waals surface area contributed by atoms with Crippen LogP contribution in [0.2, 0.25) is 5.02 Å². The van der Waals surface area contributed by atoms with E-state index in [1.165, 1.54) is 7.11 Å². The van der Waals surface area contributed by atoms with E-state index in [2.05, 4.69) is 5.32 Å². The number of nitrogens with one attached hydrogen (secondary N) is 1. The molecule has 0 radical (unpaired) electrons. The van der Waals surface area contributed by atoms with Gasteiger partial charge in [0, 0.05) is 17.0 Å². The van der Waals surface area contributed by atoms with Crippen LogP contribution in [-0.4, -0.2) is 24.8 Å². The van der Waals surface area contributed by atoms with Crippen LogP contribution in [0.15, 0.2) is 36.4 Å². The van der Waals surface area contributed by atoms with E-state index in [9.17, 15) is 9.59 Å². The van der Waals surface area contributed by atoms with Crippen LogP contribution in [-0.2, 0) is 4.74 Å². The minimum absolute atomic E-state index is 0.256. The molecule has 2 aromatic rings. The number of methoxy groups -OCH3 is 1. The summed E-state index contributed by atoms with van der Waals surface area (Å²) in [5, 5.41) is 3.60. The smallest absolute Gasteiger partial charge is 0.337 e. The number of aryl methyl sites for hydroxylation is 1. The molecule has 4 rings (SSSR count). The summed E-state index contributed by atoms with van der Waals surface area (Å²) in [4.78, 5) is 26.3. The molecule has 2 unspecified atom stereocenters. The van der Waals surface area contributed by atoms with Crippen LogP contribution >= 0.6 is 11.6 Å². The topological polar surface area (TPSA) is 67.9 Å². The second-order valence-electron chi connectivity index (χ2n) is 7.00. The van der Waals surface area contributed by atoms with Gasteiger partial charge in [0.15, 0.2) is 5.72 Å². The minimum Gasteiger partial charge on any atom is -0.467 e. The molecule has 6 nitrogen and oxygen atoms in total. The molecule has 1 N–H and O–H groups in total. The van der Waals surface area contributed by atoms with Crippen LogP contribution in [0.5, 0.6) is 5.75 Å². The van der Waals surface area contributed by atoms with Gasteiger partial charge in [-0.2, -0.15) is 0 Å². The molecule has 2 amide bonds. The summed E-state index contributed by atoms with van der Waals surface area (Å²) in [6.45, 7) is 3.79. The predicted octanol–water partition coefficient (Wildman–Crippen LogP) is 4.20. The van der Waals surface area contributed by atoms with Crippen molar-refractivity contribution in [2.45, 2.75) is 32.0 Å². The van der Waals surface area contributed by atoms with E-state index in [1.54, 1.807) is 29.2 Å². The maximum absolute atomic E-state index is 12.9. The summed E-state index contributed by atoms with van der Waals surface area (Å²) in [6, 6.07) is 10.1. The van der Waals surface area contributed by atoms with Crippen molar-refractivity contribution in [3.05, 3.63) is 58.1 Å². The number of urea groups is 1. The Labute approximate surface area is 162 Å². The first-order valence-electron chi connectivity index (χ1n) is 8.60. The number of ether oxygens (including phenoxy) is 2. The average molecular weight is 387 g/mol. The van der Waals surface area contributed by atoms with Crippen LogP contribution < -0.4 is 15.0 Å². The molecule has 2 bridgehead atoms. The van der Waals surface area contributed by atoms with Gasteiger partial charge in [0.25, 0.3) is 0 Å². The number of esters is 1. The molecule has 2 aromatic carbocycles. The van der Waals surface area contributed by atoms with Crippen molar-refractivity contribution in [1.82, 2.24) is 5.32 Å². The molecule has 2 aliphatic heterocycles. The highest BCUT2D eigenvalue weighted by Gasteiger charge is 2.50. The molecule has 2 atom stereocenters. The number of anilines is 1. The van der Waals surface area contributed by atoms with Crippen LogP contribution in [0, 0.1) is 6.92 Å². The third-order valence-electron chi connectivity index (χ3n) is 5.11. The molecule has 140 valence electrons. The van der Waals surface area contributed by atoms with Crippen LogP contribution in [0.25, 0.3) is 0 Å². The van der Waals surface area contributed by atoms with Gasteiger partial charge in [-0.25, -0.2) is 9.59 Å². The molecule has 1 saturated heterocycles. The SMILES string of the molecule is COC(=O)c1ccc2c(c1)C1CC(C)(O2)N(c2ccc(C)c(Cl)c2)C(=O)N1. The Bertz CT molecular complexity index is 961. The van der Waals surface area contributed by atoms with Crippen molar-refractivity contribution in [2.75, 3.05) is 12.0 Å². The lowest BCUT2D eigenvalue weighted by Gasteiger charge is -2.50. The van der Waals surface area contributed by atoms with Gasteiger partial charge >= 0.3 is 12.0 Å². The number of rotatable bonds is 2. The summed E-state index contributed by atoms with van der Waals surface area (Å²) >= 11 is 6.26. The number of carbonyl (C=O) groups is 2. The van der Waals surface area contributed by atoms with Gasteiger partial charge in [0.2, 0.25) is 0 Å². The van der Waals surface area contributed by atoms with Gasteiger partial charge in [-0.15, -0.1) is 0 Å². The van der Waals surface area contributed by atoms with E-state index in [0.717, 1.165) is 11.1 Å². The third kappa shape index (κ3) is 2.80. The van der Waals surface area contributed by atoms with E-state index in [-0.39, 0.29) is 12.1 Å². The first-order chi connectivity index (χ1) is 12.8. The normalized spacial score (nSPS) is 23.2. The summed E-state index contributed by atoms with van der Waals surface area (Å²) in [6.07, 6.45) is 0.530. The second kappa shape index (κ2) is 6.16. The van der Waals surface area contributed by atoms with E-state index >= 15 is 0 Å². The van der Waals surface area contributed by atoms with Crippen molar-refractivity contribution in [3.63, 3.8) is 0 Å². The quantitative estimate of drug-likeness (QED) is 0.785. The molecule has 27 heavy (non-hydrogen) atoms. The maximum atomic E-state index is 12.9. The predicted molar refractivity (Wildman–Crippen MR) is 101 cm³/mol. The molecule has 0 aliphatic carbocycles. The Morgan fingerprint density at radius 3 is 2.81 bits per heavy atom. The Morgan fingerprint density at radius 1 is 1.33 bits per heavy atom. The standard InChI is InChI=1S/C20H19ClN2O4/c1-11-4-6-13(9-15(11)21)23-19(25)22-16-10-20(23,2)27-17-7-5-12(8-14(16)17)18(24)26-3/h4-9,16H,10H2,1-3H3,(H,22,25). The fourth-order valence-corrected chi connectivity index (χ4v) is 3.91. The van der Waals surface area contributed by atoms with E-state index in [4.69, 9.17) is 21.1 Å². The highest BCUT2D eigenvalue weighted by Crippen LogP contribution is 2.46. The number of hydrogen-bond acceptors (Lipinski definition) is 4. The zero-order valence-corrected chi connectivity index (χ0v) is 16.0. The molecule has 1 fully saturated rings. The first kappa shape index (κ1) is 17.7. The number of benzene rings is 2. The molecule has 0 saturated carbocycles. The van der Waals surface area contributed by atoms with Gasteiger partial charge in [0.1, 0.15) is 5.75 Å². The number of fused-ring (bicyclic) bond motifs is 4. The summed E-state index contributed by atoms with van der Waals surface area (Å²) < 4.78 is 11.0. The molecular formula is C20H19ClN2O4. The van der Waals surface area contributed by atoms with Gasteiger partial charge in [-0.1, -0.05) is 17.7 Å². The molecule has 7 heteroatoms. The Balaban J connectivity index is 1.76. The fourth-order valence-electron chi connectivity index (χ4n) is 3.73. The fraction of sp³-hybridized carbons (Fsp3) is 0.300. The second-order valence-corrected chi connectivity index (χ2v) is 7.40. The number of nitrogens with zero attached hydrogens (tertiary/aromatic N) is 1. The first-order valence-corrected chi connectivity index (χ1v) is 8.98. The summed E-state index contributed by atoms with van der Waals surface area (Å²) in [5.41, 5.74) is 1.92. The monoisotopic (exact) mass is 386 g/mol. The summed E-state index contributed by atoms with van der Waals surface area (Å²) in [5.74, 6) is 0.203. The van der Waals surface area contributed by atoms with E-state index in [1.807, 2.05) is 26.0 Å². The van der Waals surface area contributed by atoms with E-state index < -0.39 is 11.7 Å². The minimum atomic E-state index is -0.870. The molecule has 0 aromatic heterocycles. The van der Waals surface area contributed by atoms with E-state index in [0.29, 0.717) is 28.4 Å². The zero-order chi connectivity index (χ0) is 19.3. The Kier molecular flexibility index (Phi) is 4.03. The zero-order valence-electron chi connectivity index (χ0n) is 15.2. The summed E-state index contributed by atoms with van der Waals surface area (Å²) in [7, 11) is 1.34. The van der Waals surface area contributed by atoms with Crippen molar-refractivity contribution in [1.29, 1.82) is 0 Å². The molecule has 2 heterocycles. The van der Waals surface area contributed by atoms with Crippen molar-refractivity contribution >= 4 is 29.3 Å². The Hall–Kier alpha value is -2.73. The third-order valence-corrected chi connectivity index (χ3v) is 5.51. The highest BCUT2D eigenvalue weighted by molar-refractivity contribution is 6.31. The molecule has 0 spiro atoms. The number of carbonyl (C=O) groups excluding carboxylic acids is 2. The van der Waals surface area contributed by atoms with Crippen molar-refractivity contribution < 1.29 is 19.1 Å². The van der Waals surface area contributed by atoms with Crippen molar-refractivity contribution in [2.24, 2.45) is 0 Å². The lowest BCUT2D eigenvalue weighted by atomic mass is 9.89. The highest BCUT2D eigenvalue weighted by atomic mass is 35.5. The number of amides is 2. The van der Waals surface area contributed by atoms with Crippen LogP contribution in [0.4, 0.5) is 10.5 Å². The number of halogens is 1. The Morgan fingerprint density at radius 2 is 2.11 bits per heavy atom. The lowest BCUT2D eigenvalue weighted by Crippen LogP contribution is -2.65. The van der Waals surface area contributed by atoms with Gasteiger partial charge in [-0.3, -0.25) is 4.90 Å². The largest absolute Gasteiger partial charge is 0.467 e. The van der Waals surface area contributed by atoms with Crippen LogP contribution in [0.1, 0.15) is 40.9 Å². The average Bonchev–Trinajstić information content (AvgIpc) is 2.63. The molecular weight excluding hydrogens is 368 g/mol. The number of hydrogen-bond donors (Lipinski definition) is 1.